The van der Waals surface area contributed by atoms with Crippen molar-refractivity contribution in [2.75, 3.05) is 23.7 Å². The second-order valence-electron chi connectivity index (χ2n) is 3.77. The summed E-state index contributed by atoms with van der Waals surface area (Å²) in [4.78, 5) is 0. The highest BCUT2D eigenvalue weighted by molar-refractivity contribution is 6.01. The Balaban J connectivity index is 2.57. The molecular formula is C14H18N2. The van der Waals surface area contributed by atoms with Gasteiger partial charge in [-0.25, -0.2) is 0 Å². The third kappa shape index (κ3) is 1.96. The third-order valence-electron chi connectivity index (χ3n) is 2.66. The van der Waals surface area contributed by atoms with Crippen LogP contribution in [0.3, 0.4) is 0 Å². The molecule has 84 valence electrons. The Morgan fingerprint density at radius 1 is 0.750 bits per heavy atom. The van der Waals surface area contributed by atoms with Crippen molar-refractivity contribution in [3.8, 4) is 0 Å². The third-order valence-corrected chi connectivity index (χ3v) is 2.66. The van der Waals surface area contributed by atoms with Gasteiger partial charge >= 0.3 is 0 Å². The molecule has 0 fully saturated rings. The lowest BCUT2D eigenvalue weighted by molar-refractivity contribution is 1.21. The molecule has 0 aromatic heterocycles. The number of nitrogens with one attached hydrogen (secondary N) is 2. The first-order valence-electron chi connectivity index (χ1n) is 5.86. The molecule has 0 aliphatic rings. The first-order valence-corrected chi connectivity index (χ1v) is 5.86. The topological polar surface area (TPSA) is 24.1 Å². The lowest BCUT2D eigenvalue weighted by Crippen LogP contribution is -1.99. The van der Waals surface area contributed by atoms with Gasteiger partial charge < -0.3 is 10.6 Å². The zero-order valence-corrected chi connectivity index (χ0v) is 9.88. The molecule has 0 unspecified atom stereocenters. The fraction of sp³-hybridized carbons (Fsp3) is 0.286. The second-order valence-corrected chi connectivity index (χ2v) is 3.77. The SMILES string of the molecule is CCNc1cccc2c(NCC)cccc12. The average molecular weight is 214 g/mol. The smallest absolute Gasteiger partial charge is 0.0420 e. The fourth-order valence-electron chi connectivity index (χ4n) is 2.00. The zero-order valence-electron chi connectivity index (χ0n) is 9.88. The van der Waals surface area contributed by atoms with Crippen molar-refractivity contribution in [2.45, 2.75) is 13.8 Å². The quantitative estimate of drug-likeness (QED) is 0.810. The van der Waals surface area contributed by atoms with Crippen LogP contribution >= 0.6 is 0 Å². The van der Waals surface area contributed by atoms with Crippen LogP contribution in [0.1, 0.15) is 13.8 Å². The lowest BCUT2D eigenvalue weighted by atomic mass is 10.1. The van der Waals surface area contributed by atoms with E-state index in [1.165, 1.54) is 22.1 Å². The van der Waals surface area contributed by atoms with E-state index in [1.807, 2.05) is 0 Å². The van der Waals surface area contributed by atoms with Crippen molar-refractivity contribution in [3.05, 3.63) is 36.4 Å². The van der Waals surface area contributed by atoms with Crippen LogP contribution in [-0.4, -0.2) is 13.1 Å². The van der Waals surface area contributed by atoms with Crippen LogP contribution in [0.4, 0.5) is 11.4 Å². The summed E-state index contributed by atoms with van der Waals surface area (Å²) in [7, 11) is 0. The van der Waals surface area contributed by atoms with Gasteiger partial charge in [-0.05, 0) is 26.0 Å². The van der Waals surface area contributed by atoms with E-state index < -0.39 is 0 Å². The minimum Gasteiger partial charge on any atom is -0.385 e. The number of anilines is 2. The normalized spacial score (nSPS) is 10.4. The zero-order chi connectivity index (χ0) is 11.4. The summed E-state index contributed by atoms with van der Waals surface area (Å²) in [5.74, 6) is 0. The maximum Gasteiger partial charge on any atom is 0.0420 e. The van der Waals surface area contributed by atoms with E-state index >= 15 is 0 Å². The molecule has 16 heavy (non-hydrogen) atoms. The van der Waals surface area contributed by atoms with Crippen LogP contribution in [0.5, 0.6) is 0 Å². The van der Waals surface area contributed by atoms with Crippen LogP contribution in [0.25, 0.3) is 10.8 Å². The number of benzene rings is 2. The summed E-state index contributed by atoms with van der Waals surface area (Å²) in [6, 6.07) is 12.8. The molecule has 0 heterocycles. The Hall–Kier alpha value is -1.70. The van der Waals surface area contributed by atoms with Gasteiger partial charge in [0.1, 0.15) is 0 Å². The number of rotatable bonds is 4. The van der Waals surface area contributed by atoms with E-state index in [0.717, 1.165) is 13.1 Å². The molecule has 2 aromatic rings. The number of hydrogen-bond donors (Lipinski definition) is 2. The van der Waals surface area contributed by atoms with E-state index in [0.29, 0.717) is 0 Å². The molecule has 2 rings (SSSR count). The van der Waals surface area contributed by atoms with Crippen LogP contribution in [0, 0.1) is 0 Å². The summed E-state index contributed by atoms with van der Waals surface area (Å²) >= 11 is 0. The maximum absolute atomic E-state index is 3.39. The van der Waals surface area contributed by atoms with Crippen LogP contribution in [0.2, 0.25) is 0 Å². The van der Waals surface area contributed by atoms with Crippen LogP contribution in [-0.2, 0) is 0 Å². The van der Waals surface area contributed by atoms with Crippen molar-refractivity contribution >= 4 is 22.1 Å². The van der Waals surface area contributed by atoms with E-state index in [4.69, 9.17) is 0 Å². The van der Waals surface area contributed by atoms with Gasteiger partial charge in [-0.2, -0.15) is 0 Å². The Bertz CT molecular complexity index is 432. The van der Waals surface area contributed by atoms with E-state index in [-0.39, 0.29) is 0 Å². The molecule has 0 bridgehead atoms. The highest BCUT2D eigenvalue weighted by atomic mass is 14.9. The Kier molecular flexibility index (Phi) is 3.30. The molecule has 0 saturated carbocycles. The van der Waals surface area contributed by atoms with E-state index in [9.17, 15) is 0 Å². The summed E-state index contributed by atoms with van der Waals surface area (Å²) < 4.78 is 0. The molecule has 2 heteroatoms. The fourth-order valence-corrected chi connectivity index (χ4v) is 2.00. The van der Waals surface area contributed by atoms with Crippen molar-refractivity contribution in [3.63, 3.8) is 0 Å². The van der Waals surface area contributed by atoms with Gasteiger partial charge in [0.2, 0.25) is 0 Å². The lowest BCUT2D eigenvalue weighted by Gasteiger charge is -2.11. The Labute approximate surface area is 96.7 Å². The molecule has 0 atom stereocenters. The van der Waals surface area contributed by atoms with Crippen molar-refractivity contribution in [1.82, 2.24) is 0 Å². The Morgan fingerprint density at radius 3 is 1.56 bits per heavy atom. The molecular weight excluding hydrogens is 196 g/mol. The monoisotopic (exact) mass is 214 g/mol. The number of hydrogen-bond acceptors (Lipinski definition) is 2. The first-order chi connectivity index (χ1) is 7.86. The molecule has 2 aromatic carbocycles. The second kappa shape index (κ2) is 4.88. The molecule has 2 N–H and O–H groups in total. The summed E-state index contributed by atoms with van der Waals surface area (Å²) in [5.41, 5.74) is 2.42. The van der Waals surface area contributed by atoms with Crippen molar-refractivity contribution in [2.24, 2.45) is 0 Å². The highest BCUT2D eigenvalue weighted by Crippen LogP contribution is 2.28. The van der Waals surface area contributed by atoms with Crippen molar-refractivity contribution < 1.29 is 0 Å². The molecule has 0 amide bonds. The molecule has 2 nitrogen and oxygen atoms in total. The van der Waals surface area contributed by atoms with E-state index in [1.54, 1.807) is 0 Å². The average Bonchev–Trinajstić information content (AvgIpc) is 2.31. The Morgan fingerprint density at radius 2 is 1.19 bits per heavy atom. The van der Waals surface area contributed by atoms with Crippen molar-refractivity contribution in [1.29, 1.82) is 0 Å². The minimum absolute atomic E-state index is 0.949. The van der Waals surface area contributed by atoms with Gasteiger partial charge in [-0.3, -0.25) is 0 Å². The van der Waals surface area contributed by atoms with Crippen LogP contribution in [0.15, 0.2) is 36.4 Å². The summed E-state index contributed by atoms with van der Waals surface area (Å²) in [6.45, 7) is 6.13. The predicted octanol–water partition coefficient (Wildman–Crippen LogP) is 3.70. The highest BCUT2D eigenvalue weighted by Gasteiger charge is 2.02. The molecule has 0 saturated heterocycles. The van der Waals surface area contributed by atoms with Gasteiger partial charge in [0.25, 0.3) is 0 Å². The molecule has 0 aliphatic heterocycles. The van der Waals surface area contributed by atoms with Gasteiger partial charge in [0, 0.05) is 35.2 Å². The summed E-state index contributed by atoms with van der Waals surface area (Å²) in [5, 5.41) is 9.34. The standard InChI is InChI=1S/C14H18N2/c1-3-15-13-9-5-8-12-11(13)7-6-10-14(12)16-4-2/h5-10,15-16H,3-4H2,1-2H3. The van der Waals surface area contributed by atoms with Gasteiger partial charge in [-0.1, -0.05) is 24.3 Å². The maximum atomic E-state index is 3.39. The largest absolute Gasteiger partial charge is 0.385 e. The molecule has 0 aliphatic carbocycles. The summed E-state index contributed by atoms with van der Waals surface area (Å²) in [6.07, 6.45) is 0. The number of fused-ring (bicyclic) bond motifs is 1. The first kappa shape index (κ1) is 10.8. The van der Waals surface area contributed by atoms with Gasteiger partial charge in [-0.15, -0.1) is 0 Å². The van der Waals surface area contributed by atoms with Gasteiger partial charge in [0.05, 0.1) is 0 Å². The van der Waals surface area contributed by atoms with Gasteiger partial charge in [0.15, 0.2) is 0 Å². The predicted molar refractivity (Wildman–Crippen MR) is 72.3 cm³/mol. The molecule has 0 radical (unpaired) electrons. The van der Waals surface area contributed by atoms with Crippen LogP contribution < -0.4 is 10.6 Å². The molecule has 0 spiro atoms. The van der Waals surface area contributed by atoms with E-state index in [2.05, 4.69) is 60.9 Å². The minimum atomic E-state index is 0.949.